The van der Waals surface area contributed by atoms with Gasteiger partial charge in [-0.2, -0.15) is 11.3 Å². The Balaban J connectivity index is 1.82. The van der Waals surface area contributed by atoms with Crippen LogP contribution in [-0.4, -0.2) is 9.55 Å². The second-order valence-electron chi connectivity index (χ2n) is 5.29. The molecule has 2 heterocycles. The zero-order chi connectivity index (χ0) is 14.7. The lowest BCUT2D eigenvalue weighted by Gasteiger charge is -2.16. The molecule has 0 amide bonds. The first kappa shape index (κ1) is 13.9. The van der Waals surface area contributed by atoms with E-state index in [1.807, 2.05) is 25.1 Å². The summed E-state index contributed by atoms with van der Waals surface area (Å²) in [5, 5.41) is 7.75. The van der Waals surface area contributed by atoms with Crippen LogP contribution in [0.2, 0.25) is 0 Å². The van der Waals surface area contributed by atoms with Crippen LogP contribution in [0.3, 0.4) is 0 Å². The minimum atomic E-state index is 0.368. The summed E-state index contributed by atoms with van der Waals surface area (Å²) in [6.45, 7) is 4.26. The molecule has 0 radical (unpaired) electrons. The van der Waals surface area contributed by atoms with Gasteiger partial charge in [0.25, 0.3) is 0 Å². The first-order valence-electron chi connectivity index (χ1n) is 7.11. The monoisotopic (exact) mass is 297 g/mol. The third-order valence-electron chi connectivity index (χ3n) is 3.47. The summed E-state index contributed by atoms with van der Waals surface area (Å²) in [4.78, 5) is 4.61. The number of nitrogens with zero attached hydrogens (tertiary/aromatic N) is 2. The van der Waals surface area contributed by atoms with Crippen molar-refractivity contribution in [1.82, 2.24) is 9.55 Å². The first-order chi connectivity index (χ1) is 10.2. The average molecular weight is 297 g/mol. The van der Waals surface area contributed by atoms with Crippen molar-refractivity contribution in [3.05, 3.63) is 64.6 Å². The molecule has 1 unspecified atom stereocenters. The van der Waals surface area contributed by atoms with E-state index in [1.54, 1.807) is 11.3 Å². The predicted octanol–water partition coefficient (Wildman–Crippen LogP) is 4.80. The molecule has 0 bridgehead atoms. The summed E-state index contributed by atoms with van der Waals surface area (Å²) in [6.07, 6.45) is 3.13. The standard InChI is InChI=1S/C17H19N3S/c1-13-11-20(14(2)10-15-8-9-21-12-15)17(18-13)19-16-6-4-3-5-7-16/h3-9,11-12,14H,10H2,1-2H3,(H,18,19). The van der Waals surface area contributed by atoms with Gasteiger partial charge in [0, 0.05) is 17.9 Å². The molecule has 2 aromatic heterocycles. The summed E-state index contributed by atoms with van der Waals surface area (Å²) >= 11 is 1.75. The molecule has 0 saturated heterocycles. The number of aromatic nitrogens is 2. The number of imidazole rings is 1. The highest BCUT2D eigenvalue weighted by Crippen LogP contribution is 2.23. The lowest BCUT2D eigenvalue weighted by atomic mass is 10.1. The van der Waals surface area contributed by atoms with E-state index >= 15 is 0 Å². The molecule has 3 rings (SSSR count). The largest absolute Gasteiger partial charge is 0.326 e. The molecular weight excluding hydrogens is 278 g/mol. The summed E-state index contributed by atoms with van der Waals surface area (Å²) < 4.78 is 2.22. The molecule has 0 fully saturated rings. The van der Waals surface area contributed by atoms with Crippen molar-refractivity contribution in [1.29, 1.82) is 0 Å². The van der Waals surface area contributed by atoms with E-state index in [0.717, 1.165) is 23.8 Å². The van der Waals surface area contributed by atoms with Crippen LogP contribution in [0.25, 0.3) is 0 Å². The van der Waals surface area contributed by atoms with Crippen LogP contribution in [0.5, 0.6) is 0 Å². The van der Waals surface area contributed by atoms with Crippen LogP contribution in [0.1, 0.15) is 24.2 Å². The Hall–Kier alpha value is -2.07. The maximum absolute atomic E-state index is 4.61. The highest BCUT2D eigenvalue weighted by Gasteiger charge is 2.13. The zero-order valence-corrected chi connectivity index (χ0v) is 13.1. The Morgan fingerprint density at radius 3 is 2.76 bits per heavy atom. The van der Waals surface area contributed by atoms with Crippen LogP contribution in [0, 0.1) is 6.92 Å². The van der Waals surface area contributed by atoms with Gasteiger partial charge in [0.2, 0.25) is 5.95 Å². The van der Waals surface area contributed by atoms with E-state index in [9.17, 15) is 0 Å². The van der Waals surface area contributed by atoms with Crippen molar-refractivity contribution in [3.63, 3.8) is 0 Å². The van der Waals surface area contributed by atoms with Gasteiger partial charge < -0.3 is 9.88 Å². The van der Waals surface area contributed by atoms with Gasteiger partial charge in [0.05, 0.1) is 5.69 Å². The fourth-order valence-electron chi connectivity index (χ4n) is 2.44. The van der Waals surface area contributed by atoms with Gasteiger partial charge in [-0.25, -0.2) is 4.98 Å². The molecular formula is C17H19N3S. The molecule has 1 aromatic carbocycles. The highest BCUT2D eigenvalue weighted by atomic mass is 32.1. The van der Waals surface area contributed by atoms with Gasteiger partial charge in [-0.1, -0.05) is 18.2 Å². The molecule has 0 spiro atoms. The number of thiophene rings is 1. The molecule has 1 atom stereocenters. The predicted molar refractivity (Wildman–Crippen MR) is 89.4 cm³/mol. The minimum absolute atomic E-state index is 0.368. The van der Waals surface area contributed by atoms with Gasteiger partial charge in [-0.3, -0.25) is 0 Å². The third kappa shape index (κ3) is 3.34. The second-order valence-corrected chi connectivity index (χ2v) is 6.07. The summed E-state index contributed by atoms with van der Waals surface area (Å²) in [5.41, 5.74) is 3.47. The number of anilines is 2. The number of hydrogen-bond donors (Lipinski definition) is 1. The van der Waals surface area contributed by atoms with Crippen LogP contribution in [0.15, 0.2) is 53.4 Å². The number of para-hydroxylation sites is 1. The molecule has 0 aliphatic carbocycles. The number of aryl methyl sites for hydroxylation is 1. The Bertz CT molecular complexity index is 686. The molecule has 0 saturated carbocycles. The maximum atomic E-state index is 4.61. The normalized spacial score (nSPS) is 12.3. The Morgan fingerprint density at radius 2 is 2.05 bits per heavy atom. The number of nitrogens with one attached hydrogen (secondary N) is 1. The zero-order valence-electron chi connectivity index (χ0n) is 12.3. The van der Waals surface area contributed by atoms with E-state index in [-0.39, 0.29) is 0 Å². The Kier molecular flexibility index (Phi) is 4.06. The molecule has 1 N–H and O–H groups in total. The van der Waals surface area contributed by atoms with Gasteiger partial charge in [-0.15, -0.1) is 0 Å². The van der Waals surface area contributed by atoms with Crippen molar-refractivity contribution >= 4 is 23.0 Å². The Labute approximate surface area is 129 Å². The average Bonchev–Trinajstić information content (AvgIpc) is 3.10. The Morgan fingerprint density at radius 1 is 1.24 bits per heavy atom. The van der Waals surface area contributed by atoms with Gasteiger partial charge in [0.1, 0.15) is 0 Å². The van der Waals surface area contributed by atoms with E-state index in [0.29, 0.717) is 6.04 Å². The lowest BCUT2D eigenvalue weighted by molar-refractivity contribution is 0.551. The van der Waals surface area contributed by atoms with E-state index in [4.69, 9.17) is 0 Å². The molecule has 21 heavy (non-hydrogen) atoms. The topological polar surface area (TPSA) is 29.9 Å². The molecule has 0 aliphatic rings. The number of rotatable bonds is 5. The summed E-state index contributed by atoms with van der Waals surface area (Å²) in [5.74, 6) is 0.904. The SMILES string of the molecule is Cc1cn(C(C)Cc2ccsc2)c(Nc2ccccc2)n1. The summed E-state index contributed by atoms with van der Waals surface area (Å²) in [6, 6.07) is 12.7. The van der Waals surface area contributed by atoms with Crippen molar-refractivity contribution in [2.75, 3.05) is 5.32 Å². The quantitative estimate of drug-likeness (QED) is 0.733. The van der Waals surface area contributed by atoms with Crippen molar-refractivity contribution < 1.29 is 0 Å². The second kappa shape index (κ2) is 6.14. The van der Waals surface area contributed by atoms with Gasteiger partial charge in [-0.05, 0) is 54.8 Å². The molecule has 108 valence electrons. The molecule has 0 aliphatic heterocycles. The van der Waals surface area contributed by atoms with E-state index in [2.05, 4.69) is 56.9 Å². The number of hydrogen-bond acceptors (Lipinski definition) is 3. The van der Waals surface area contributed by atoms with Crippen LogP contribution in [-0.2, 0) is 6.42 Å². The molecule has 4 heteroatoms. The molecule has 3 nitrogen and oxygen atoms in total. The highest BCUT2D eigenvalue weighted by molar-refractivity contribution is 7.07. The van der Waals surface area contributed by atoms with E-state index < -0.39 is 0 Å². The van der Waals surface area contributed by atoms with Crippen molar-refractivity contribution in [2.24, 2.45) is 0 Å². The van der Waals surface area contributed by atoms with Gasteiger partial charge in [0.15, 0.2) is 0 Å². The van der Waals surface area contributed by atoms with Crippen molar-refractivity contribution in [3.8, 4) is 0 Å². The summed E-state index contributed by atoms with van der Waals surface area (Å²) in [7, 11) is 0. The molecule has 3 aromatic rings. The fraction of sp³-hybridized carbons (Fsp3) is 0.235. The van der Waals surface area contributed by atoms with Crippen LogP contribution in [0.4, 0.5) is 11.6 Å². The smallest absolute Gasteiger partial charge is 0.207 e. The van der Waals surface area contributed by atoms with Crippen molar-refractivity contribution in [2.45, 2.75) is 26.3 Å². The first-order valence-corrected chi connectivity index (χ1v) is 8.05. The lowest BCUT2D eigenvalue weighted by Crippen LogP contribution is -2.10. The van der Waals surface area contributed by atoms with Gasteiger partial charge >= 0.3 is 0 Å². The third-order valence-corrected chi connectivity index (χ3v) is 4.20. The van der Waals surface area contributed by atoms with Crippen LogP contribution < -0.4 is 5.32 Å². The number of benzene rings is 1. The maximum Gasteiger partial charge on any atom is 0.207 e. The minimum Gasteiger partial charge on any atom is -0.326 e. The van der Waals surface area contributed by atoms with E-state index in [1.165, 1.54) is 5.56 Å². The fourth-order valence-corrected chi connectivity index (χ4v) is 3.12. The van der Waals surface area contributed by atoms with Crippen LogP contribution >= 0.6 is 11.3 Å².